The van der Waals surface area contributed by atoms with E-state index in [4.69, 9.17) is 14.2 Å². The smallest absolute Gasteiger partial charge is 0.130 e. The van der Waals surface area contributed by atoms with E-state index in [1.54, 1.807) is 32.2 Å². The molecular weight excluding hydrogens is 272 g/mol. The summed E-state index contributed by atoms with van der Waals surface area (Å²) < 4.78 is 17.8. The van der Waals surface area contributed by atoms with Crippen molar-refractivity contribution in [2.24, 2.45) is 0 Å². The van der Waals surface area contributed by atoms with Gasteiger partial charge in [0.15, 0.2) is 0 Å². The quantitative estimate of drug-likeness (QED) is 0.735. The van der Waals surface area contributed by atoms with Crippen LogP contribution in [0.3, 0.4) is 0 Å². The van der Waals surface area contributed by atoms with Crippen LogP contribution in [0.2, 0.25) is 0 Å². The van der Waals surface area contributed by atoms with Crippen LogP contribution >= 0.6 is 0 Å². The van der Waals surface area contributed by atoms with Gasteiger partial charge in [-0.1, -0.05) is 5.21 Å². The van der Waals surface area contributed by atoms with E-state index in [1.807, 2.05) is 18.3 Å². The Morgan fingerprint density at radius 1 is 1.10 bits per heavy atom. The number of nitrogens with one attached hydrogen (secondary N) is 1. The number of hydrogen-bond acceptors (Lipinski definition) is 6. The molecule has 0 atom stereocenters. The first kappa shape index (κ1) is 15.1. The maximum atomic E-state index is 5.41. The summed E-state index contributed by atoms with van der Waals surface area (Å²) in [7, 11) is 4.88. The monoisotopic (exact) mass is 292 g/mol. The Morgan fingerprint density at radius 2 is 1.81 bits per heavy atom. The van der Waals surface area contributed by atoms with Crippen molar-refractivity contribution < 1.29 is 14.2 Å². The average molecular weight is 292 g/mol. The number of ether oxygens (including phenoxy) is 3. The third-order valence-corrected chi connectivity index (χ3v) is 3.11. The Bertz CT molecular complexity index is 532. The van der Waals surface area contributed by atoms with Crippen molar-refractivity contribution in [1.29, 1.82) is 0 Å². The van der Waals surface area contributed by atoms with Gasteiger partial charge in [-0.25, -0.2) is 0 Å². The largest absolute Gasteiger partial charge is 0.496 e. The fourth-order valence-corrected chi connectivity index (χ4v) is 2.01. The maximum Gasteiger partial charge on any atom is 0.130 e. The molecule has 1 N–H and O–H groups in total. The lowest BCUT2D eigenvalue weighted by Gasteiger charge is -2.15. The van der Waals surface area contributed by atoms with Crippen LogP contribution in [0.25, 0.3) is 0 Å². The van der Waals surface area contributed by atoms with Crippen LogP contribution in [0, 0.1) is 0 Å². The van der Waals surface area contributed by atoms with Crippen molar-refractivity contribution in [3.8, 4) is 17.2 Å². The molecule has 0 aliphatic heterocycles. The van der Waals surface area contributed by atoms with Gasteiger partial charge in [0.25, 0.3) is 0 Å². The highest BCUT2D eigenvalue weighted by molar-refractivity contribution is 5.50. The third kappa shape index (κ3) is 3.85. The van der Waals surface area contributed by atoms with Crippen molar-refractivity contribution in [2.75, 3.05) is 27.9 Å². The Morgan fingerprint density at radius 3 is 2.33 bits per heavy atom. The zero-order chi connectivity index (χ0) is 15.1. The van der Waals surface area contributed by atoms with E-state index in [1.165, 1.54) is 0 Å². The molecule has 0 unspecified atom stereocenters. The molecule has 0 spiro atoms. The topological polar surface area (TPSA) is 70.4 Å². The van der Waals surface area contributed by atoms with Crippen molar-refractivity contribution in [3.63, 3.8) is 0 Å². The zero-order valence-corrected chi connectivity index (χ0v) is 12.5. The summed E-state index contributed by atoms with van der Waals surface area (Å²) in [6.45, 7) is 2.15. The molecule has 1 heterocycles. The first-order valence-corrected chi connectivity index (χ1v) is 6.62. The van der Waals surface area contributed by atoms with Gasteiger partial charge in [-0.15, -0.1) is 5.10 Å². The van der Waals surface area contributed by atoms with Crippen molar-refractivity contribution in [2.45, 2.75) is 13.1 Å². The lowest BCUT2D eigenvalue weighted by atomic mass is 10.1. The van der Waals surface area contributed by atoms with Crippen LogP contribution in [0.15, 0.2) is 24.5 Å². The Hall–Kier alpha value is -2.28. The first-order chi connectivity index (χ1) is 10.3. The fraction of sp³-hybridized carbons (Fsp3) is 0.429. The van der Waals surface area contributed by atoms with Gasteiger partial charge in [0, 0.05) is 31.4 Å². The van der Waals surface area contributed by atoms with E-state index in [0.29, 0.717) is 12.3 Å². The van der Waals surface area contributed by atoms with Gasteiger partial charge in [-0.2, -0.15) is 0 Å². The average Bonchev–Trinajstić information content (AvgIpc) is 3.04. The number of aromatic nitrogens is 3. The molecule has 0 fully saturated rings. The molecule has 2 aromatic rings. The van der Waals surface area contributed by atoms with Crippen molar-refractivity contribution in [1.82, 2.24) is 20.3 Å². The van der Waals surface area contributed by atoms with Gasteiger partial charge >= 0.3 is 0 Å². The number of nitrogens with zero attached hydrogens (tertiary/aromatic N) is 3. The minimum absolute atomic E-state index is 0.630. The highest BCUT2D eigenvalue weighted by atomic mass is 16.5. The predicted molar refractivity (Wildman–Crippen MR) is 77.8 cm³/mol. The molecule has 0 radical (unpaired) electrons. The van der Waals surface area contributed by atoms with E-state index >= 15 is 0 Å². The second-order valence-corrected chi connectivity index (χ2v) is 4.35. The summed E-state index contributed by atoms with van der Waals surface area (Å²) in [4.78, 5) is 0. The summed E-state index contributed by atoms with van der Waals surface area (Å²) in [6.07, 6.45) is 3.49. The van der Waals surface area contributed by atoms with Gasteiger partial charge in [0.1, 0.15) is 17.2 Å². The predicted octanol–water partition coefficient (Wildman–Crippen LogP) is 1.09. The van der Waals surface area contributed by atoms with Crippen LogP contribution in [0.1, 0.15) is 5.56 Å². The van der Waals surface area contributed by atoms with Crippen molar-refractivity contribution in [3.05, 3.63) is 30.1 Å². The van der Waals surface area contributed by atoms with E-state index in [2.05, 4.69) is 15.6 Å². The van der Waals surface area contributed by atoms with Crippen LogP contribution in [0.5, 0.6) is 17.2 Å². The normalized spacial score (nSPS) is 10.4. The van der Waals surface area contributed by atoms with E-state index < -0.39 is 0 Å². The van der Waals surface area contributed by atoms with Gasteiger partial charge in [-0.3, -0.25) is 4.68 Å². The molecular formula is C14H20N4O3. The molecule has 1 aromatic carbocycles. The molecule has 7 nitrogen and oxygen atoms in total. The molecule has 2 rings (SSSR count). The summed E-state index contributed by atoms with van der Waals surface area (Å²) in [6, 6.07) is 3.69. The lowest BCUT2D eigenvalue weighted by Crippen LogP contribution is -2.20. The summed E-state index contributed by atoms with van der Waals surface area (Å²) in [5.41, 5.74) is 0.958. The molecule has 114 valence electrons. The molecule has 0 saturated heterocycles. The number of hydrogen-bond donors (Lipinski definition) is 1. The second-order valence-electron chi connectivity index (χ2n) is 4.35. The standard InChI is InChI=1S/C14H20N4O3/c1-19-11-8-13(20-2)12(14(9-11)21-3)10-15-4-6-18-7-5-16-17-18/h5,7-9,15H,4,6,10H2,1-3H3. The van der Waals surface area contributed by atoms with Gasteiger partial charge in [0.2, 0.25) is 0 Å². The molecule has 0 saturated carbocycles. The lowest BCUT2D eigenvalue weighted by molar-refractivity contribution is 0.366. The van der Waals surface area contributed by atoms with Crippen LogP contribution in [-0.4, -0.2) is 42.9 Å². The first-order valence-electron chi connectivity index (χ1n) is 6.62. The van der Waals surface area contributed by atoms with E-state index in [0.717, 1.165) is 30.2 Å². The van der Waals surface area contributed by atoms with Crippen LogP contribution in [0.4, 0.5) is 0 Å². The molecule has 0 aliphatic rings. The Balaban J connectivity index is 2.00. The Labute approximate surface area is 123 Å². The highest BCUT2D eigenvalue weighted by Gasteiger charge is 2.12. The van der Waals surface area contributed by atoms with Gasteiger partial charge in [0.05, 0.1) is 39.6 Å². The molecule has 7 heteroatoms. The molecule has 21 heavy (non-hydrogen) atoms. The molecule has 0 amide bonds. The molecule has 1 aromatic heterocycles. The minimum Gasteiger partial charge on any atom is -0.496 e. The summed E-state index contributed by atoms with van der Waals surface area (Å²) in [5.74, 6) is 2.17. The van der Waals surface area contributed by atoms with Crippen molar-refractivity contribution >= 4 is 0 Å². The summed E-state index contributed by atoms with van der Waals surface area (Å²) in [5, 5.41) is 11.0. The summed E-state index contributed by atoms with van der Waals surface area (Å²) >= 11 is 0. The Kier molecular flexibility index (Phi) is 5.39. The second kappa shape index (κ2) is 7.49. The number of methoxy groups -OCH3 is 3. The minimum atomic E-state index is 0.630. The van der Waals surface area contributed by atoms with E-state index in [9.17, 15) is 0 Å². The third-order valence-electron chi connectivity index (χ3n) is 3.11. The van der Waals surface area contributed by atoms with E-state index in [-0.39, 0.29) is 0 Å². The van der Waals surface area contributed by atoms with Crippen LogP contribution in [-0.2, 0) is 13.1 Å². The molecule has 0 aliphatic carbocycles. The zero-order valence-electron chi connectivity index (χ0n) is 12.5. The van der Waals surface area contributed by atoms with Gasteiger partial charge < -0.3 is 19.5 Å². The maximum absolute atomic E-state index is 5.41. The van der Waals surface area contributed by atoms with Crippen LogP contribution < -0.4 is 19.5 Å². The fourth-order valence-electron chi connectivity index (χ4n) is 2.01. The van der Waals surface area contributed by atoms with Gasteiger partial charge in [-0.05, 0) is 0 Å². The molecule has 0 bridgehead atoms. The SMILES string of the molecule is COc1cc(OC)c(CNCCn2ccnn2)c(OC)c1. The highest BCUT2D eigenvalue weighted by Crippen LogP contribution is 2.33. The number of rotatable bonds is 8. The number of benzene rings is 1.